The zero-order chi connectivity index (χ0) is 6.32. The molecule has 0 aliphatic heterocycles. The molecule has 0 aromatic rings. The number of hydrogen-bond donors (Lipinski definition) is 0. The van der Waals surface area contributed by atoms with Crippen LogP contribution >= 0.6 is 0 Å². The molecule has 2 aliphatic rings. The van der Waals surface area contributed by atoms with Gasteiger partial charge in [-0.05, 0) is 43.9 Å². The Bertz CT molecular complexity index is 117. The summed E-state index contributed by atoms with van der Waals surface area (Å²) in [4.78, 5) is 0. The van der Waals surface area contributed by atoms with Crippen LogP contribution < -0.4 is 0 Å². The third-order valence-corrected chi connectivity index (χ3v) is 3.33. The van der Waals surface area contributed by atoms with E-state index in [1.807, 2.05) is 0 Å². The Labute approximate surface area is 57.6 Å². The second kappa shape index (κ2) is 1.74. The maximum absolute atomic E-state index is 4.30. The summed E-state index contributed by atoms with van der Waals surface area (Å²) < 4.78 is 0. The number of hydrogen-bond acceptors (Lipinski definition) is 0. The molecule has 0 unspecified atom stereocenters. The molecule has 2 aliphatic carbocycles. The van der Waals surface area contributed by atoms with E-state index in [0.29, 0.717) is 5.41 Å². The highest BCUT2D eigenvalue weighted by atomic mass is 14.5. The van der Waals surface area contributed by atoms with Crippen molar-refractivity contribution in [2.24, 2.45) is 11.3 Å². The lowest BCUT2D eigenvalue weighted by atomic mass is 9.55. The molecule has 0 saturated heterocycles. The largest absolute Gasteiger partial charge is 0.0530 e. The smallest absolute Gasteiger partial charge is 0.0269 e. The van der Waals surface area contributed by atoms with Gasteiger partial charge in [0.05, 0.1) is 0 Å². The van der Waals surface area contributed by atoms with Crippen molar-refractivity contribution in [3.05, 3.63) is 6.92 Å². The molecular formula is C9H15. The van der Waals surface area contributed by atoms with Crippen molar-refractivity contribution < 1.29 is 0 Å². The van der Waals surface area contributed by atoms with Crippen LogP contribution in [-0.2, 0) is 0 Å². The van der Waals surface area contributed by atoms with E-state index in [9.17, 15) is 0 Å². The van der Waals surface area contributed by atoms with Gasteiger partial charge in [-0.15, -0.1) is 0 Å². The molecule has 0 heteroatoms. The van der Waals surface area contributed by atoms with Crippen LogP contribution in [0.3, 0.4) is 0 Å². The quantitative estimate of drug-likeness (QED) is 0.464. The van der Waals surface area contributed by atoms with Crippen molar-refractivity contribution in [3.63, 3.8) is 0 Å². The van der Waals surface area contributed by atoms with Crippen molar-refractivity contribution in [3.8, 4) is 0 Å². The molecule has 1 radical (unpaired) electrons. The molecule has 2 saturated carbocycles. The van der Waals surface area contributed by atoms with E-state index in [2.05, 4.69) is 6.92 Å². The lowest BCUT2D eigenvalue weighted by molar-refractivity contribution is 0.0322. The van der Waals surface area contributed by atoms with Gasteiger partial charge in [0, 0.05) is 0 Å². The molecule has 51 valence electrons. The molecule has 0 heterocycles. The van der Waals surface area contributed by atoms with E-state index in [1.54, 1.807) is 0 Å². The first kappa shape index (κ1) is 5.76. The van der Waals surface area contributed by atoms with Crippen molar-refractivity contribution >= 4 is 0 Å². The first-order valence-electron chi connectivity index (χ1n) is 4.17. The highest BCUT2D eigenvalue weighted by Gasteiger charge is 2.43. The van der Waals surface area contributed by atoms with E-state index >= 15 is 0 Å². The van der Waals surface area contributed by atoms with Crippen LogP contribution in [0.2, 0.25) is 0 Å². The molecule has 2 fully saturated rings. The van der Waals surface area contributed by atoms with Gasteiger partial charge >= 0.3 is 0 Å². The minimum absolute atomic E-state index is 0.568. The average molecular weight is 123 g/mol. The van der Waals surface area contributed by atoms with Gasteiger partial charge in [-0.3, -0.25) is 0 Å². The van der Waals surface area contributed by atoms with Gasteiger partial charge in [-0.1, -0.05) is 12.8 Å². The minimum Gasteiger partial charge on any atom is -0.0530 e. The van der Waals surface area contributed by atoms with Gasteiger partial charge in [0.2, 0.25) is 0 Å². The Morgan fingerprint density at radius 1 is 1.11 bits per heavy atom. The van der Waals surface area contributed by atoms with Gasteiger partial charge in [-0.2, -0.15) is 0 Å². The normalized spacial score (nSPS) is 49.7. The van der Waals surface area contributed by atoms with Crippen molar-refractivity contribution in [2.75, 3.05) is 0 Å². The lowest BCUT2D eigenvalue weighted by Gasteiger charge is -2.50. The average Bonchev–Trinajstić information content (AvgIpc) is 1.82. The number of fused-ring (bicyclic) bond motifs is 1. The van der Waals surface area contributed by atoms with E-state index < -0.39 is 0 Å². The van der Waals surface area contributed by atoms with Crippen LogP contribution in [0.15, 0.2) is 0 Å². The summed E-state index contributed by atoms with van der Waals surface area (Å²) in [5, 5.41) is 0. The zero-order valence-corrected chi connectivity index (χ0v) is 6.03. The van der Waals surface area contributed by atoms with E-state index in [1.165, 1.54) is 38.5 Å². The molecule has 0 nitrogen and oxygen atoms in total. The summed E-state index contributed by atoms with van der Waals surface area (Å²) >= 11 is 0. The van der Waals surface area contributed by atoms with Gasteiger partial charge in [0.1, 0.15) is 0 Å². The molecule has 2 rings (SSSR count). The van der Waals surface area contributed by atoms with Gasteiger partial charge in [0.15, 0.2) is 0 Å². The van der Waals surface area contributed by atoms with Crippen LogP contribution in [0.25, 0.3) is 0 Å². The Morgan fingerprint density at radius 2 is 2.00 bits per heavy atom. The van der Waals surface area contributed by atoms with Gasteiger partial charge in [-0.25, -0.2) is 0 Å². The Balaban J connectivity index is 2.05. The van der Waals surface area contributed by atoms with E-state index in [4.69, 9.17) is 0 Å². The Hall–Kier alpha value is 0. The summed E-state index contributed by atoms with van der Waals surface area (Å²) in [5.74, 6) is 1.02. The zero-order valence-electron chi connectivity index (χ0n) is 6.03. The number of rotatable bonds is 0. The fourth-order valence-electron chi connectivity index (χ4n) is 2.40. The van der Waals surface area contributed by atoms with Crippen molar-refractivity contribution in [1.82, 2.24) is 0 Å². The third kappa shape index (κ3) is 0.720. The standard InChI is InChI=1S/C9H15/c1-9-6-3-2-4-8(9)5-7-9/h8H,1-7H2/t8-,9+/m0/s1. The second-order valence-electron chi connectivity index (χ2n) is 3.84. The molecule has 9 heavy (non-hydrogen) atoms. The molecule has 0 N–H and O–H groups in total. The molecular weight excluding hydrogens is 108 g/mol. The molecule has 2 atom stereocenters. The highest BCUT2D eigenvalue weighted by molar-refractivity contribution is 4.99. The Kier molecular flexibility index (Phi) is 1.12. The summed E-state index contributed by atoms with van der Waals surface area (Å²) in [6.45, 7) is 4.30. The third-order valence-electron chi connectivity index (χ3n) is 3.33. The van der Waals surface area contributed by atoms with Crippen LogP contribution in [0.5, 0.6) is 0 Å². The summed E-state index contributed by atoms with van der Waals surface area (Å²) in [7, 11) is 0. The van der Waals surface area contributed by atoms with Gasteiger partial charge < -0.3 is 0 Å². The summed E-state index contributed by atoms with van der Waals surface area (Å²) in [6, 6.07) is 0. The predicted molar refractivity (Wildman–Crippen MR) is 39.0 cm³/mol. The minimum atomic E-state index is 0.568. The van der Waals surface area contributed by atoms with Crippen molar-refractivity contribution in [1.29, 1.82) is 0 Å². The maximum Gasteiger partial charge on any atom is -0.0269 e. The first-order valence-corrected chi connectivity index (χ1v) is 4.17. The SMILES string of the molecule is [CH2][C@]12CCCC[C@H]1CC2. The topological polar surface area (TPSA) is 0 Å². The first-order chi connectivity index (χ1) is 4.31. The Morgan fingerprint density at radius 3 is 2.33 bits per heavy atom. The second-order valence-corrected chi connectivity index (χ2v) is 3.84. The fraction of sp³-hybridized carbons (Fsp3) is 0.889. The monoisotopic (exact) mass is 123 g/mol. The van der Waals surface area contributed by atoms with Crippen LogP contribution in [-0.4, -0.2) is 0 Å². The van der Waals surface area contributed by atoms with E-state index in [0.717, 1.165) is 5.92 Å². The summed E-state index contributed by atoms with van der Waals surface area (Å²) in [5.41, 5.74) is 0.568. The predicted octanol–water partition coefficient (Wildman–Crippen LogP) is 2.79. The van der Waals surface area contributed by atoms with E-state index in [-0.39, 0.29) is 0 Å². The molecule has 0 amide bonds. The maximum atomic E-state index is 4.30. The summed E-state index contributed by atoms with van der Waals surface area (Å²) in [6.07, 6.45) is 8.70. The highest BCUT2D eigenvalue weighted by Crippen LogP contribution is 2.54. The lowest BCUT2D eigenvalue weighted by Crippen LogP contribution is -2.39. The molecule has 0 spiro atoms. The van der Waals surface area contributed by atoms with Gasteiger partial charge in [0.25, 0.3) is 0 Å². The molecule has 0 aromatic heterocycles. The van der Waals surface area contributed by atoms with Crippen LogP contribution in [0, 0.1) is 18.3 Å². The van der Waals surface area contributed by atoms with Crippen LogP contribution in [0.1, 0.15) is 38.5 Å². The molecule has 0 aromatic carbocycles. The fourth-order valence-corrected chi connectivity index (χ4v) is 2.40. The molecule has 0 bridgehead atoms. The van der Waals surface area contributed by atoms with Crippen LogP contribution in [0.4, 0.5) is 0 Å². The van der Waals surface area contributed by atoms with Crippen molar-refractivity contribution in [2.45, 2.75) is 38.5 Å².